The second-order valence-electron chi connectivity index (χ2n) is 5.57. The highest BCUT2D eigenvalue weighted by Crippen LogP contribution is 2.51. The fraction of sp³-hybridized carbons (Fsp3) is 0.562. The van der Waals surface area contributed by atoms with Crippen molar-refractivity contribution < 1.29 is 9.90 Å². The quantitative estimate of drug-likeness (QED) is 0.694. The van der Waals surface area contributed by atoms with Gasteiger partial charge in [-0.25, -0.2) is 0 Å². The zero-order chi connectivity index (χ0) is 13.6. The summed E-state index contributed by atoms with van der Waals surface area (Å²) in [5.41, 5.74) is 1.56. The maximum absolute atomic E-state index is 10.7. The number of benzene rings is 1. The molecule has 0 aromatic heterocycles. The average Bonchev–Trinajstić information content (AvgIpc) is 3.14. The minimum Gasteiger partial charge on any atom is -0.481 e. The molecule has 1 N–H and O–H groups in total. The summed E-state index contributed by atoms with van der Waals surface area (Å²) in [4.78, 5) is 10.7. The number of hydrogen-bond donors (Lipinski definition) is 1. The number of carboxylic acid groups (broad SMARTS) is 1. The van der Waals surface area contributed by atoms with E-state index in [4.69, 9.17) is 5.11 Å². The molecule has 0 spiro atoms. The third-order valence-corrected chi connectivity index (χ3v) is 5.13. The first-order chi connectivity index (χ1) is 9.20. The van der Waals surface area contributed by atoms with Gasteiger partial charge in [0.05, 0.1) is 6.42 Å². The molecule has 0 radical (unpaired) electrons. The highest BCUT2D eigenvalue weighted by Gasteiger charge is 2.43. The topological polar surface area (TPSA) is 37.3 Å². The standard InChI is InChI=1S/C16H22O2S/c17-15(18)12-16(9-10-16)13-19-11-5-4-8-14-6-2-1-3-7-14/h1-3,6-7H,4-5,8-13H2,(H,17,18). The average molecular weight is 278 g/mol. The summed E-state index contributed by atoms with van der Waals surface area (Å²) in [6.45, 7) is 0. The van der Waals surface area contributed by atoms with Gasteiger partial charge in [0, 0.05) is 0 Å². The number of unbranched alkanes of at least 4 members (excludes halogenated alkanes) is 1. The van der Waals surface area contributed by atoms with Crippen LogP contribution in [0, 0.1) is 5.41 Å². The molecule has 1 fully saturated rings. The Kier molecular flexibility index (Phi) is 5.32. The number of thioether (sulfide) groups is 1. The molecule has 0 saturated heterocycles. The smallest absolute Gasteiger partial charge is 0.303 e. The van der Waals surface area contributed by atoms with Crippen LogP contribution in [0.15, 0.2) is 30.3 Å². The predicted molar refractivity (Wildman–Crippen MR) is 80.6 cm³/mol. The molecule has 19 heavy (non-hydrogen) atoms. The molecular formula is C16H22O2S. The number of hydrogen-bond acceptors (Lipinski definition) is 2. The first-order valence-corrected chi connectivity index (χ1v) is 8.19. The molecule has 1 aliphatic carbocycles. The Labute approximate surface area is 119 Å². The van der Waals surface area contributed by atoms with Gasteiger partial charge in [-0.2, -0.15) is 11.8 Å². The molecule has 1 aromatic carbocycles. The number of carboxylic acids is 1. The summed E-state index contributed by atoms with van der Waals surface area (Å²) >= 11 is 1.94. The lowest BCUT2D eigenvalue weighted by molar-refractivity contribution is -0.138. The molecule has 0 aliphatic heterocycles. The Morgan fingerprint density at radius 1 is 1.21 bits per heavy atom. The SMILES string of the molecule is O=C(O)CC1(CSCCCCc2ccccc2)CC1. The third-order valence-electron chi connectivity index (χ3n) is 3.74. The Morgan fingerprint density at radius 3 is 2.58 bits per heavy atom. The van der Waals surface area contributed by atoms with E-state index in [1.807, 2.05) is 11.8 Å². The minimum atomic E-state index is -0.637. The summed E-state index contributed by atoms with van der Waals surface area (Å²) in [5.74, 6) is 1.56. The molecule has 3 heteroatoms. The molecule has 2 rings (SSSR count). The van der Waals surface area contributed by atoms with Gasteiger partial charge in [-0.3, -0.25) is 4.79 Å². The molecule has 0 unspecified atom stereocenters. The fourth-order valence-corrected chi connectivity index (χ4v) is 3.71. The lowest BCUT2D eigenvalue weighted by Gasteiger charge is -2.11. The minimum absolute atomic E-state index is 0.149. The summed E-state index contributed by atoms with van der Waals surface area (Å²) < 4.78 is 0. The van der Waals surface area contributed by atoms with E-state index in [0.717, 1.165) is 30.8 Å². The van der Waals surface area contributed by atoms with Crippen LogP contribution in [-0.4, -0.2) is 22.6 Å². The molecule has 1 aromatic rings. The zero-order valence-corrected chi connectivity index (χ0v) is 12.1. The van der Waals surface area contributed by atoms with Crippen molar-refractivity contribution in [2.75, 3.05) is 11.5 Å². The molecule has 0 heterocycles. The van der Waals surface area contributed by atoms with E-state index in [2.05, 4.69) is 30.3 Å². The molecule has 0 bridgehead atoms. The van der Waals surface area contributed by atoms with E-state index in [0.29, 0.717) is 6.42 Å². The second kappa shape index (κ2) is 6.99. The molecule has 2 nitrogen and oxygen atoms in total. The molecular weight excluding hydrogens is 256 g/mol. The molecule has 1 saturated carbocycles. The Balaban J connectivity index is 1.52. The first kappa shape index (κ1) is 14.4. The van der Waals surface area contributed by atoms with Crippen LogP contribution >= 0.6 is 11.8 Å². The zero-order valence-electron chi connectivity index (χ0n) is 11.3. The van der Waals surface area contributed by atoms with Gasteiger partial charge >= 0.3 is 5.97 Å². The van der Waals surface area contributed by atoms with Crippen molar-refractivity contribution in [1.29, 1.82) is 0 Å². The van der Waals surface area contributed by atoms with Gasteiger partial charge in [-0.15, -0.1) is 0 Å². The van der Waals surface area contributed by atoms with Gasteiger partial charge in [0.25, 0.3) is 0 Å². The normalized spacial score (nSPS) is 16.2. The number of aliphatic carboxylic acids is 1. The summed E-state index contributed by atoms with van der Waals surface area (Å²) in [6, 6.07) is 10.6. The molecule has 0 amide bonds. The largest absolute Gasteiger partial charge is 0.481 e. The van der Waals surface area contributed by atoms with Crippen LogP contribution in [0.5, 0.6) is 0 Å². The van der Waals surface area contributed by atoms with Gasteiger partial charge in [-0.1, -0.05) is 30.3 Å². The van der Waals surface area contributed by atoms with Gasteiger partial charge in [-0.05, 0) is 54.6 Å². The Bertz CT molecular complexity index is 398. The van der Waals surface area contributed by atoms with Crippen LogP contribution in [0.3, 0.4) is 0 Å². The Morgan fingerprint density at radius 2 is 1.95 bits per heavy atom. The van der Waals surface area contributed by atoms with E-state index in [9.17, 15) is 4.79 Å². The van der Waals surface area contributed by atoms with Gasteiger partial charge in [0.15, 0.2) is 0 Å². The lowest BCUT2D eigenvalue weighted by atomic mass is 10.1. The van der Waals surface area contributed by atoms with Crippen molar-refractivity contribution in [3.05, 3.63) is 35.9 Å². The monoisotopic (exact) mass is 278 g/mol. The predicted octanol–water partition coefficient (Wildman–Crippen LogP) is 4.00. The van der Waals surface area contributed by atoms with Crippen LogP contribution in [0.4, 0.5) is 0 Å². The maximum Gasteiger partial charge on any atom is 0.303 e. The maximum atomic E-state index is 10.7. The summed E-state index contributed by atoms with van der Waals surface area (Å²) in [6.07, 6.45) is 6.18. The first-order valence-electron chi connectivity index (χ1n) is 7.04. The highest BCUT2D eigenvalue weighted by molar-refractivity contribution is 7.99. The number of aryl methyl sites for hydroxylation is 1. The molecule has 1 aliphatic rings. The highest BCUT2D eigenvalue weighted by atomic mass is 32.2. The van der Waals surface area contributed by atoms with E-state index in [1.54, 1.807) is 0 Å². The Hall–Kier alpha value is -0.960. The number of rotatable bonds is 9. The summed E-state index contributed by atoms with van der Waals surface area (Å²) in [7, 11) is 0. The van der Waals surface area contributed by atoms with Gasteiger partial charge in [0.1, 0.15) is 0 Å². The van der Waals surface area contributed by atoms with E-state index >= 15 is 0 Å². The van der Waals surface area contributed by atoms with E-state index in [1.165, 1.54) is 18.4 Å². The van der Waals surface area contributed by atoms with Crippen molar-refractivity contribution in [2.45, 2.75) is 38.5 Å². The van der Waals surface area contributed by atoms with Crippen LogP contribution in [0.1, 0.15) is 37.7 Å². The third kappa shape index (κ3) is 5.27. The van der Waals surface area contributed by atoms with E-state index in [-0.39, 0.29) is 5.41 Å². The van der Waals surface area contributed by atoms with Gasteiger partial charge < -0.3 is 5.11 Å². The van der Waals surface area contributed by atoms with Crippen LogP contribution in [0.2, 0.25) is 0 Å². The van der Waals surface area contributed by atoms with Crippen molar-refractivity contribution in [1.82, 2.24) is 0 Å². The fourth-order valence-electron chi connectivity index (χ4n) is 2.34. The van der Waals surface area contributed by atoms with Crippen molar-refractivity contribution in [3.63, 3.8) is 0 Å². The van der Waals surface area contributed by atoms with Crippen LogP contribution in [0.25, 0.3) is 0 Å². The van der Waals surface area contributed by atoms with E-state index < -0.39 is 5.97 Å². The van der Waals surface area contributed by atoms with Crippen LogP contribution in [-0.2, 0) is 11.2 Å². The van der Waals surface area contributed by atoms with Crippen molar-refractivity contribution in [2.24, 2.45) is 5.41 Å². The lowest BCUT2D eigenvalue weighted by Crippen LogP contribution is -2.11. The second-order valence-corrected chi connectivity index (χ2v) is 6.67. The summed E-state index contributed by atoms with van der Waals surface area (Å²) in [5, 5.41) is 8.85. The van der Waals surface area contributed by atoms with Crippen molar-refractivity contribution in [3.8, 4) is 0 Å². The molecule has 0 atom stereocenters. The van der Waals surface area contributed by atoms with Crippen LogP contribution < -0.4 is 0 Å². The molecule has 104 valence electrons. The number of carbonyl (C=O) groups is 1. The van der Waals surface area contributed by atoms with Crippen molar-refractivity contribution >= 4 is 17.7 Å². The van der Waals surface area contributed by atoms with Gasteiger partial charge in [0.2, 0.25) is 0 Å².